The van der Waals surface area contributed by atoms with E-state index in [0.29, 0.717) is 12.1 Å². The highest BCUT2D eigenvalue weighted by molar-refractivity contribution is 6.02. The van der Waals surface area contributed by atoms with Crippen LogP contribution in [0.3, 0.4) is 0 Å². The van der Waals surface area contributed by atoms with E-state index in [4.69, 9.17) is 0 Å². The van der Waals surface area contributed by atoms with Gasteiger partial charge in [-0.2, -0.15) is 5.10 Å². The zero-order valence-corrected chi connectivity index (χ0v) is 13.9. The molecular weight excluding hydrogens is 331 g/mol. The Morgan fingerprint density at radius 3 is 2.73 bits per heavy atom. The molecule has 1 aliphatic heterocycles. The molecule has 0 saturated carbocycles. The number of H-pyrrole nitrogens is 1. The number of amides is 1. The molecule has 1 aliphatic rings. The molecule has 2 heterocycles. The number of nitrogens with one attached hydrogen (secondary N) is 2. The van der Waals surface area contributed by atoms with Crippen molar-refractivity contribution in [3.63, 3.8) is 0 Å². The third kappa shape index (κ3) is 2.65. The lowest BCUT2D eigenvalue weighted by Gasteiger charge is -2.37. The fourth-order valence-corrected chi connectivity index (χ4v) is 3.22. The van der Waals surface area contributed by atoms with Crippen molar-refractivity contribution in [1.82, 2.24) is 15.1 Å². The molecular formula is C20H17FN4O. The topological polar surface area (TPSA) is 61.0 Å². The summed E-state index contributed by atoms with van der Waals surface area (Å²) in [5.74, 6) is -0.376. The highest BCUT2D eigenvalue weighted by atomic mass is 19.1. The first kappa shape index (κ1) is 16.1. The number of halogens is 1. The Morgan fingerprint density at radius 2 is 1.96 bits per heavy atom. The summed E-state index contributed by atoms with van der Waals surface area (Å²) in [6, 6.07) is 13.6. The van der Waals surface area contributed by atoms with Gasteiger partial charge in [-0.3, -0.25) is 9.89 Å². The van der Waals surface area contributed by atoms with Crippen molar-refractivity contribution in [3.05, 3.63) is 84.3 Å². The summed E-state index contributed by atoms with van der Waals surface area (Å²) in [6.07, 6.45) is 2.97. The molecule has 0 spiro atoms. The number of anilines is 1. The molecule has 0 radical (unpaired) electrons. The lowest BCUT2D eigenvalue weighted by molar-refractivity contribution is 0.0708. The van der Waals surface area contributed by atoms with Gasteiger partial charge in [0.25, 0.3) is 5.91 Å². The van der Waals surface area contributed by atoms with Crippen LogP contribution in [0.25, 0.3) is 11.3 Å². The molecule has 4 rings (SSSR count). The molecule has 0 aliphatic carbocycles. The molecule has 1 aromatic heterocycles. The van der Waals surface area contributed by atoms with Gasteiger partial charge in [0.2, 0.25) is 0 Å². The molecule has 3 aromatic rings. The van der Waals surface area contributed by atoms with E-state index in [1.54, 1.807) is 35.4 Å². The quantitative estimate of drug-likeness (QED) is 0.702. The lowest BCUT2D eigenvalue weighted by Crippen LogP contribution is -2.43. The number of nitrogens with zero attached hydrogens (tertiary/aromatic N) is 2. The monoisotopic (exact) mass is 348 g/mol. The first-order valence-electron chi connectivity index (χ1n) is 8.25. The van der Waals surface area contributed by atoms with E-state index in [9.17, 15) is 9.18 Å². The average molecular weight is 348 g/mol. The van der Waals surface area contributed by atoms with E-state index < -0.39 is 6.17 Å². The van der Waals surface area contributed by atoms with Gasteiger partial charge in [-0.05, 0) is 36.4 Å². The van der Waals surface area contributed by atoms with Crippen LogP contribution in [-0.2, 0) is 0 Å². The average Bonchev–Trinajstić information content (AvgIpc) is 3.14. The molecule has 130 valence electrons. The Balaban J connectivity index is 1.79. The van der Waals surface area contributed by atoms with E-state index >= 15 is 0 Å². The first-order valence-corrected chi connectivity index (χ1v) is 8.25. The number of aromatic nitrogens is 2. The Kier molecular flexibility index (Phi) is 4.01. The van der Waals surface area contributed by atoms with Crippen molar-refractivity contribution in [3.8, 4) is 11.3 Å². The largest absolute Gasteiger partial charge is 0.361 e. The van der Waals surface area contributed by atoms with E-state index in [2.05, 4.69) is 22.1 Å². The summed E-state index contributed by atoms with van der Waals surface area (Å²) in [5.41, 5.74) is 3.74. The minimum Gasteiger partial charge on any atom is -0.361 e. The standard InChI is InChI=1S/C20H17FN4O/c1-2-11-25-19(23-17-6-4-3-5-15(17)20(25)26)16-12-22-24-18(16)13-7-9-14(21)10-8-13/h2-10,12,19,23H,1,11H2,(H,22,24)/t19-/m1/s1. The molecule has 0 bridgehead atoms. The minimum absolute atomic E-state index is 0.0736. The number of hydrogen-bond acceptors (Lipinski definition) is 3. The molecule has 1 amide bonds. The van der Waals surface area contributed by atoms with E-state index in [-0.39, 0.29) is 11.7 Å². The molecule has 26 heavy (non-hydrogen) atoms. The van der Waals surface area contributed by atoms with Gasteiger partial charge in [-0.1, -0.05) is 18.2 Å². The zero-order chi connectivity index (χ0) is 18.1. The highest BCUT2D eigenvalue weighted by Gasteiger charge is 2.34. The van der Waals surface area contributed by atoms with Gasteiger partial charge >= 0.3 is 0 Å². The summed E-state index contributed by atoms with van der Waals surface area (Å²) in [5, 5.41) is 10.5. The number of benzene rings is 2. The second-order valence-electron chi connectivity index (χ2n) is 6.05. The summed E-state index contributed by atoms with van der Waals surface area (Å²) in [4.78, 5) is 14.7. The summed E-state index contributed by atoms with van der Waals surface area (Å²) in [6.45, 7) is 4.15. The summed E-state index contributed by atoms with van der Waals surface area (Å²) < 4.78 is 13.3. The second kappa shape index (κ2) is 6.48. The summed E-state index contributed by atoms with van der Waals surface area (Å²) in [7, 11) is 0. The van der Waals surface area contributed by atoms with Gasteiger partial charge in [0.1, 0.15) is 12.0 Å². The maximum atomic E-state index is 13.3. The second-order valence-corrected chi connectivity index (χ2v) is 6.05. The van der Waals surface area contributed by atoms with E-state index in [1.165, 1.54) is 12.1 Å². The van der Waals surface area contributed by atoms with Crippen molar-refractivity contribution >= 4 is 11.6 Å². The molecule has 6 heteroatoms. The zero-order valence-electron chi connectivity index (χ0n) is 13.9. The Morgan fingerprint density at radius 1 is 1.19 bits per heavy atom. The predicted molar refractivity (Wildman–Crippen MR) is 98.0 cm³/mol. The third-order valence-electron chi connectivity index (χ3n) is 4.44. The molecule has 5 nitrogen and oxygen atoms in total. The Bertz CT molecular complexity index is 964. The molecule has 2 N–H and O–H groups in total. The fourth-order valence-electron chi connectivity index (χ4n) is 3.22. The van der Waals surface area contributed by atoms with E-state index in [1.807, 2.05) is 18.2 Å². The van der Waals surface area contributed by atoms with Gasteiger partial charge in [0.15, 0.2) is 0 Å². The van der Waals surface area contributed by atoms with Gasteiger partial charge < -0.3 is 10.2 Å². The molecule has 2 aromatic carbocycles. The van der Waals surface area contributed by atoms with E-state index in [0.717, 1.165) is 22.5 Å². The number of aromatic amines is 1. The maximum absolute atomic E-state index is 13.3. The molecule has 0 saturated heterocycles. The van der Waals surface area contributed by atoms with Crippen molar-refractivity contribution < 1.29 is 9.18 Å². The molecule has 0 unspecified atom stereocenters. The fraction of sp³-hybridized carbons (Fsp3) is 0.100. The Hall–Kier alpha value is -3.41. The number of hydrogen-bond donors (Lipinski definition) is 2. The van der Waals surface area contributed by atoms with Crippen molar-refractivity contribution in [2.75, 3.05) is 11.9 Å². The lowest BCUT2D eigenvalue weighted by atomic mass is 10.0. The molecule has 0 fully saturated rings. The SMILES string of the molecule is C=CCN1C(=O)c2ccccc2N[C@H]1c1cn[nH]c1-c1ccc(F)cc1. The van der Waals surface area contributed by atoms with Crippen molar-refractivity contribution in [2.45, 2.75) is 6.17 Å². The first-order chi connectivity index (χ1) is 12.7. The van der Waals surface area contributed by atoms with Crippen LogP contribution < -0.4 is 5.32 Å². The number of rotatable bonds is 4. The highest BCUT2D eigenvalue weighted by Crippen LogP contribution is 2.36. The number of para-hydroxylation sites is 1. The smallest absolute Gasteiger partial charge is 0.258 e. The molecule has 1 atom stereocenters. The third-order valence-corrected chi connectivity index (χ3v) is 4.44. The van der Waals surface area contributed by atoms with Crippen LogP contribution in [0, 0.1) is 5.82 Å². The normalized spacial score (nSPS) is 16.1. The Labute approximate surface area is 150 Å². The number of fused-ring (bicyclic) bond motifs is 1. The van der Waals surface area contributed by atoms with Crippen LogP contribution in [0.5, 0.6) is 0 Å². The van der Waals surface area contributed by atoms with Gasteiger partial charge in [0.05, 0.1) is 17.5 Å². The van der Waals surface area contributed by atoms with Gasteiger partial charge in [0, 0.05) is 23.4 Å². The van der Waals surface area contributed by atoms with Gasteiger partial charge in [-0.15, -0.1) is 6.58 Å². The minimum atomic E-state index is -0.408. The van der Waals surface area contributed by atoms with Crippen LogP contribution >= 0.6 is 0 Å². The van der Waals surface area contributed by atoms with Crippen LogP contribution in [-0.4, -0.2) is 27.5 Å². The van der Waals surface area contributed by atoms with Crippen LogP contribution in [0.2, 0.25) is 0 Å². The predicted octanol–water partition coefficient (Wildman–Crippen LogP) is 3.97. The maximum Gasteiger partial charge on any atom is 0.258 e. The number of carbonyl (C=O) groups excluding carboxylic acids is 1. The summed E-state index contributed by atoms with van der Waals surface area (Å²) >= 11 is 0. The van der Waals surface area contributed by atoms with Crippen molar-refractivity contribution in [2.24, 2.45) is 0 Å². The number of carbonyl (C=O) groups is 1. The van der Waals surface area contributed by atoms with Crippen LogP contribution in [0.1, 0.15) is 22.1 Å². The van der Waals surface area contributed by atoms with Crippen LogP contribution in [0.15, 0.2) is 67.4 Å². The van der Waals surface area contributed by atoms with Gasteiger partial charge in [-0.25, -0.2) is 4.39 Å². The van der Waals surface area contributed by atoms with Crippen molar-refractivity contribution in [1.29, 1.82) is 0 Å². The van der Waals surface area contributed by atoms with Crippen LogP contribution in [0.4, 0.5) is 10.1 Å².